The molecule has 2 aliphatic rings. The summed E-state index contributed by atoms with van der Waals surface area (Å²) in [6.07, 6.45) is 5.04. The number of benzene rings is 1. The molecule has 0 saturated heterocycles. The van der Waals surface area contributed by atoms with Crippen molar-refractivity contribution in [3.8, 4) is 0 Å². The molecule has 1 N–H and O–H groups in total. The summed E-state index contributed by atoms with van der Waals surface area (Å²) in [7, 11) is 1.58. The highest BCUT2D eigenvalue weighted by Crippen LogP contribution is 2.26. The van der Waals surface area contributed by atoms with E-state index >= 15 is 0 Å². The van der Waals surface area contributed by atoms with Crippen LogP contribution in [0.3, 0.4) is 0 Å². The number of amides is 3. The van der Waals surface area contributed by atoms with Gasteiger partial charge < -0.3 is 10.1 Å². The molecule has 0 unspecified atom stereocenters. The van der Waals surface area contributed by atoms with Gasteiger partial charge in [-0.1, -0.05) is 19.8 Å². The maximum atomic E-state index is 12.6. The predicted octanol–water partition coefficient (Wildman–Crippen LogP) is 2.63. The van der Waals surface area contributed by atoms with Crippen molar-refractivity contribution in [2.75, 3.05) is 20.3 Å². The van der Waals surface area contributed by atoms with Gasteiger partial charge in [0.25, 0.3) is 17.7 Å². The fourth-order valence-electron chi connectivity index (χ4n) is 3.78. The minimum absolute atomic E-state index is 0.174. The number of methoxy groups -OCH3 is 1. The van der Waals surface area contributed by atoms with Crippen LogP contribution in [0.4, 0.5) is 0 Å². The second kappa shape index (κ2) is 7.99. The molecule has 1 heterocycles. The topological polar surface area (TPSA) is 75.7 Å². The van der Waals surface area contributed by atoms with E-state index in [1.807, 2.05) is 0 Å². The minimum atomic E-state index is -0.332. The summed E-state index contributed by atoms with van der Waals surface area (Å²) >= 11 is 0. The zero-order valence-corrected chi connectivity index (χ0v) is 15.4. The van der Waals surface area contributed by atoms with Gasteiger partial charge in [0.05, 0.1) is 11.1 Å². The van der Waals surface area contributed by atoms with Crippen molar-refractivity contribution < 1.29 is 19.1 Å². The average molecular weight is 358 g/mol. The van der Waals surface area contributed by atoms with Crippen LogP contribution in [-0.4, -0.2) is 48.9 Å². The first-order chi connectivity index (χ1) is 12.5. The van der Waals surface area contributed by atoms with Crippen LogP contribution in [0.2, 0.25) is 0 Å². The highest BCUT2D eigenvalue weighted by atomic mass is 16.5. The van der Waals surface area contributed by atoms with Crippen LogP contribution in [0.15, 0.2) is 18.2 Å². The molecule has 0 bridgehead atoms. The van der Waals surface area contributed by atoms with Gasteiger partial charge in [-0.3, -0.25) is 19.3 Å². The quantitative estimate of drug-likeness (QED) is 0.626. The molecule has 1 aromatic carbocycles. The number of carbonyl (C=O) groups excluding carboxylic acids is 3. The van der Waals surface area contributed by atoms with Crippen LogP contribution in [0.1, 0.15) is 70.1 Å². The van der Waals surface area contributed by atoms with E-state index in [0.29, 0.717) is 42.2 Å². The number of fused-ring (bicyclic) bond motifs is 1. The molecular weight excluding hydrogens is 332 g/mol. The van der Waals surface area contributed by atoms with Crippen LogP contribution in [0.5, 0.6) is 0 Å². The predicted molar refractivity (Wildman–Crippen MR) is 97.2 cm³/mol. The molecule has 3 amide bonds. The van der Waals surface area contributed by atoms with Gasteiger partial charge in [-0.25, -0.2) is 0 Å². The lowest BCUT2D eigenvalue weighted by Crippen LogP contribution is -2.41. The Morgan fingerprint density at radius 3 is 2.65 bits per heavy atom. The molecule has 6 heteroatoms. The summed E-state index contributed by atoms with van der Waals surface area (Å²) in [6.45, 7) is 2.97. The lowest BCUT2D eigenvalue weighted by molar-refractivity contribution is 0.0638. The number of hydrogen-bond donors (Lipinski definition) is 1. The molecule has 26 heavy (non-hydrogen) atoms. The molecule has 1 aliphatic carbocycles. The molecule has 0 radical (unpaired) electrons. The normalized spacial score (nSPS) is 22.5. The Kier molecular flexibility index (Phi) is 5.71. The highest BCUT2D eigenvalue weighted by Gasteiger charge is 2.35. The smallest absolute Gasteiger partial charge is 0.261 e. The summed E-state index contributed by atoms with van der Waals surface area (Å²) < 4.78 is 4.98. The number of carbonyl (C=O) groups is 3. The van der Waals surface area contributed by atoms with Crippen LogP contribution in [0, 0.1) is 5.92 Å². The Hall–Kier alpha value is -2.21. The minimum Gasteiger partial charge on any atom is -0.385 e. The molecule has 0 aromatic heterocycles. The molecule has 6 nitrogen and oxygen atoms in total. The number of imide groups is 1. The third-order valence-corrected chi connectivity index (χ3v) is 5.39. The second-order valence-corrected chi connectivity index (χ2v) is 7.21. The number of rotatable bonds is 6. The van der Waals surface area contributed by atoms with Crippen molar-refractivity contribution in [1.29, 1.82) is 0 Å². The first-order valence-corrected chi connectivity index (χ1v) is 9.33. The molecule has 1 fully saturated rings. The van der Waals surface area contributed by atoms with Gasteiger partial charge in [0.1, 0.15) is 0 Å². The maximum Gasteiger partial charge on any atom is 0.261 e. The van der Waals surface area contributed by atoms with Gasteiger partial charge in [0.15, 0.2) is 0 Å². The summed E-state index contributed by atoms with van der Waals surface area (Å²) in [6, 6.07) is 4.94. The van der Waals surface area contributed by atoms with Crippen molar-refractivity contribution in [3.63, 3.8) is 0 Å². The molecule has 140 valence electrons. The fourth-order valence-corrected chi connectivity index (χ4v) is 3.78. The van der Waals surface area contributed by atoms with Gasteiger partial charge in [0.2, 0.25) is 0 Å². The number of hydrogen-bond acceptors (Lipinski definition) is 4. The monoisotopic (exact) mass is 358 g/mol. The third kappa shape index (κ3) is 3.65. The lowest BCUT2D eigenvalue weighted by atomic mass is 9.86. The Morgan fingerprint density at radius 1 is 1.19 bits per heavy atom. The van der Waals surface area contributed by atoms with Crippen molar-refractivity contribution in [3.05, 3.63) is 34.9 Å². The van der Waals surface area contributed by atoms with Gasteiger partial charge in [-0.05, 0) is 43.4 Å². The van der Waals surface area contributed by atoms with E-state index in [0.717, 1.165) is 19.3 Å². The van der Waals surface area contributed by atoms with Crippen molar-refractivity contribution in [2.24, 2.45) is 5.92 Å². The van der Waals surface area contributed by atoms with Crippen molar-refractivity contribution in [2.45, 2.75) is 45.1 Å². The Bertz CT molecular complexity index is 716. The fraction of sp³-hybridized carbons (Fsp3) is 0.550. The second-order valence-electron chi connectivity index (χ2n) is 7.21. The standard InChI is InChI=1S/C20H26N2O4/c1-13-6-3-4-7-17(13)21-18(23)14-8-9-15-16(12-14)20(25)22(19(15)24)10-5-11-26-2/h8-9,12-13,17H,3-7,10-11H2,1-2H3,(H,21,23)/t13-,17-/m0/s1. The van der Waals surface area contributed by atoms with E-state index in [4.69, 9.17) is 4.74 Å². The molecular formula is C20H26N2O4. The van der Waals surface area contributed by atoms with Crippen LogP contribution in [-0.2, 0) is 4.74 Å². The van der Waals surface area contributed by atoms with E-state index in [2.05, 4.69) is 12.2 Å². The third-order valence-electron chi connectivity index (χ3n) is 5.39. The van der Waals surface area contributed by atoms with Gasteiger partial charge in [-0.2, -0.15) is 0 Å². The number of nitrogens with one attached hydrogen (secondary N) is 1. The van der Waals surface area contributed by atoms with Crippen LogP contribution in [0.25, 0.3) is 0 Å². The average Bonchev–Trinajstić information content (AvgIpc) is 2.88. The molecule has 0 spiro atoms. The first kappa shape index (κ1) is 18.6. The maximum absolute atomic E-state index is 12.6. The molecule has 2 atom stereocenters. The summed E-state index contributed by atoms with van der Waals surface area (Å²) in [5, 5.41) is 3.09. The lowest BCUT2D eigenvalue weighted by Gasteiger charge is -2.29. The number of nitrogens with zero attached hydrogens (tertiary/aromatic N) is 1. The Balaban J connectivity index is 1.72. The van der Waals surface area contributed by atoms with Crippen LogP contribution < -0.4 is 5.32 Å². The zero-order chi connectivity index (χ0) is 18.7. The van der Waals surface area contributed by atoms with E-state index in [9.17, 15) is 14.4 Å². The Morgan fingerprint density at radius 2 is 1.92 bits per heavy atom. The van der Waals surface area contributed by atoms with Gasteiger partial charge >= 0.3 is 0 Å². The first-order valence-electron chi connectivity index (χ1n) is 9.33. The summed E-state index contributed by atoms with van der Waals surface area (Å²) in [4.78, 5) is 38.8. The SMILES string of the molecule is COCCCN1C(=O)c2ccc(C(=O)N[C@H]3CCCC[C@@H]3C)cc2C1=O. The van der Waals surface area contributed by atoms with Gasteiger partial charge in [0, 0.05) is 31.9 Å². The van der Waals surface area contributed by atoms with Crippen molar-refractivity contribution >= 4 is 17.7 Å². The summed E-state index contributed by atoms with van der Waals surface area (Å²) in [5.41, 5.74) is 1.12. The largest absolute Gasteiger partial charge is 0.385 e. The van der Waals surface area contributed by atoms with E-state index in [1.165, 1.54) is 11.3 Å². The number of ether oxygens (including phenoxy) is 1. The molecule has 3 rings (SSSR count). The molecule has 1 aliphatic heterocycles. The van der Waals surface area contributed by atoms with E-state index < -0.39 is 0 Å². The van der Waals surface area contributed by atoms with Gasteiger partial charge in [-0.15, -0.1) is 0 Å². The van der Waals surface area contributed by atoms with E-state index in [1.54, 1.807) is 25.3 Å². The van der Waals surface area contributed by atoms with Crippen molar-refractivity contribution in [1.82, 2.24) is 10.2 Å². The zero-order valence-electron chi connectivity index (χ0n) is 15.4. The van der Waals surface area contributed by atoms with E-state index in [-0.39, 0.29) is 23.8 Å². The summed E-state index contributed by atoms with van der Waals surface area (Å²) in [5.74, 6) is -0.345. The molecule has 1 saturated carbocycles. The van der Waals surface area contributed by atoms with Crippen LogP contribution >= 0.6 is 0 Å². The highest BCUT2D eigenvalue weighted by molar-refractivity contribution is 6.22. The Labute approximate surface area is 153 Å². The molecule has 1 aromatic rings.